The number of aromatic nitrogens is 1. The van der Waals surface area contributed by atoms with Gasteiger partial charge in [-0.2, -0.15) is 0 Å². The summed E-state index contributed by atoms with van der Waals surface area (Å²) in [4.78, 5) is 22.4. The topological polar surface area (TPSA) is 80.6 Å². The van der Waals surface area contributed by atoms with Gasteiger partial charge in [-0.25, -0.2) is 0 Å². The first-order valence-corrected chi connectivity index (χ1v) is 7.39. The Hall–Kier alpha value is -2.76. The van der Waals surface area contributed by atoms with E-state index in [1.807, 2.05) is 43.6 Å². The van der Waals surface area contributed by atoms with Crippen LogP contribution in [0.3, 0.4) is 0 Å². The molecule has 0 bridgehead atoms. The van der Waals surface area contributed by atoms with Gasteiger partial charge < -0.3 is 19.7 Å². The molecule has 1 aromatic carbocycles. The lowest BCUT2D eigenvalue weighted by Gasteiger charge is -2.08. The summed E-state index contributed by atoms with van der Waals surface area (Å²) in [6.45, 7) is 0.805. The number of rotatable bonds is 8. The van der Waals surface area contributed by atoms with Crippen LogP contribution in [0.5, 0.6) is 5.75 Å². The van der Waals surface area contributed by atoms with E-state index in [9.17, 15) is 9.59 Å². The zero-order chi connectivity index (χ0) is 16.7. The van der Waals surface area contributed by atoms with Gasteiger partial charge in [0.2, 0.25) is 0 Å². The third-order valence-electron chi connectivity index (χ3n) is 3.36. The van der Waals surface area contributed by atoms with Crippen molar-refractivity contribution in [1.82, 2.24) is 9.88 Å². The maximum atomic E-state index is 12.0. The zero-order valence-electron chi connectivity index (χ0n) is 13.0. The third kappa shape index (κ3) is 5.18. The number of ether oxygens (including phenoxy) is 1. The molecular weight excluding hydrogens is 296 g/mol. The molecular formula is C17H20N2O4. The van der Waals surface area contributed by atoms with Crippen LogP contribution in [0, 0.1) is 0 Å². The predicted molar refractivity (Wildman–Crippen MR) is 85.4 cm³/mol. The molecule has 0 unspecified atom stereocenters. The molecule has 0 atom stereocenters. The Kier molecular flexibility index (Phi) is 5.80. The van der Waals surface area contributed by atoms with Crippen molar-refractivity contribution in [3.8, 4) is 5.75 Å². The molecule has 1 heterocycles. The molecule has 122 valence electrons. The first kappa shape index (κ1) is 16.6. The highest BCUT2D eigenvalue weighted by molar-refractivity contribution is 5.92. The number of amides is 1. The van der Waals surface area contributed by atoms with Crippen LogP contribution in [0.4, 0.5) is 0 Å². The van der Waals surface area contributed by atoms with E-state index in [4.69, 9.17) is 9.84 Å². The summed E-state index contributed by atoms with van der Waals surface area (Å²) in [6, 6.07) is 11.0. The Morgan fingerprint density at radius 1 is 1.22 bits per heavy atom. The zero-order valence-corrected chi connectivity index (χ0v) is 13.0. The molecule has 0 radical (unpaired) electrons. The molecule has 1 aromatic heterocycles. The Balaban J connectivity index is 1.77. The van der Waals surface area contributed by atoms with Crippen molar-refractivity contribution in [2.75, 3.05) is 6.61 Å². The average molecular weight is 316 g/mol. The molecule has 23 heavy (non-hydrogen) atoms. The number of nitrogens with zero attached hydrogens (tertiary/aromatic N) is 1. The number of aryl methyl sites for hydroxylation is 1. The number of carboxylic acids is 1. The summed E-state index contributed by atoms with van der Waals surface area (Å²) in [5, 5.41) is 11.4. The third-order valence-corrected chi connectivity index (χ3v) is 3.36. The second-order valence-corrected chi connectivity index (χ2v) is 5.18. The molecule has 2 rings (SSSR count). The molecule has 6 heteroatoms. The van der Waals surface area contributed by atoms with E-state index < -0.39 is 5.97 Å². The van der Waals surface area contributed by atoms with E-state index >= 15 is 0 Å². The minimum absolute atomic E-state index is 0.100. The number of carboxylic acid groups (broad SMARTS) is 1. The van der Waals surface area contributed by atoms with Crippen LogP contribution >= 0.6 is 0 Å². The minimum Gasteiger partial charge on any atom is -0.494 e. The SMILES string of the molecule is Cn1cccc1C(=O)NCc1ccc(OCCCC(=O)O)cc1. The first-order chi connectivity index (χ1) is 11.1. The summed E-state index contributed by atoms with van der Waals surface area (Å²) in [5.74, 6) is -0.252. The van der Waals surface area contributed by atoms with Crippen LogP contribution in [0.15, 0.2) is 42.6 Å². The maximum Gasteiger partial charge on any atom is 0.303 e. The molecule has 2 aromatic rings. The van der Waals surface area contributed by atoms with E-state index in [1.54, 1.807) is 10.6 Å². The Morgan fingerprint density at radius 3 is 2.57 bits per heavy atom. The molecule has 0 aliphatic rings. The van der Waals surface area contributed by atoms with Crippen LogP contribution < -0.4 is 10.1 Å². The summed E-state index contributed by atoms with van der Waals surface area (Å²) in [5.41, 5.74) is 1.58. The fourth-order valence-electron chi connectivity index (χ4n) is 2.09. The Morgan fingerprint density at radius 2 is 1.96 bits per heavy atom. The number of carbonyl (C=O) groups is 2. The van der Waals surface area contributed by atoms with Gasteiger partial charge in [0.1, 0.15) is 11.4 Å². The van der Waals surface area contributed by atoms with Gasteiger partial charge in [-0.15, -0.1) is 0 Å². The lowest BCUT2D eigenvalue weighted by molar-refractivity contribution is -0.137. The monoisotopic (exact) mass is 316 g/mol. The van der Waals surface area contributed by atoms with E-state index in [0.717, 1.165) is 5.56 Å². The lowest BCUT2D eigenvalue weighted by atomic mass is 10.2. The highest BCUT2D eigenvalue weighted by Gasteiger charge is 2.08. The van der Waals surface area contributed by atoms with Crippen molar-refractivity contribution >= 4 is 11.9 Å². The number of carbonyl (C=O) groups excluding carboxylic acids is 1. The standard InChI is InChI=1S/C17H20N2O4/c1-19-10-2-4-15(19)17(22)18-12-13-6-8-14(9-7-13)23-11-3-5-16(20)21/h2,4,6-10H,3,5,11-12H2,1H3,(H,18,22)(H,20,21). The average Bonchev–Trinajstić information content (AvgIpc) is 2.96. The van der Waals surface area contributed by atoms with Crippen molar-refractivity contribution in [1.29, 1.82) is 0 Å². The van der Waals surface area contributed by atoms with Crippen molar-refractivity contribution in [3.05, 3.63) is 53.9 Å². The van der Waals surface area contributed by atoms with E-state index in [1.165, 1.54) is 0 Å². The van der Waals surface area contributed by atoms with Gasteiger partial charge in [0.05, 0.1) is 6.61 Å². The molecule has 0 aliphatic carbocycles. The highest BCUT2D eigenvalue weighted by Crippen LogP contribution is 2.13. The Labute approximate surface area is 134 Å². The molecule has 0 fully saturated rings. The highest BCUT2D eigenvalue weighted by atomic mass is 16.5. The van der Waals surface area contributed by atoms with Crippen molar-refractivity contribution in [2.24, 2.45) is 7.05 Å². The number of benzene rings is 1. The normalized spacial score (nSPS) is 10.3. The van der Waals surface area contributed by atoms with Gasteiger partial charge in [0.15, 0.2) is 0 Å². The second kappa shape index (κ2) is 8.03. The molecule has 2 N–H and O–H groups in total. The van der Waals surface area contributed by atoms with Crippen LogP contribution in [-0.2, 0) is 18.4 Å². The maximum absolute atomic E-state index is 12.0. The fourth-order valence-corrected chi connectivity index (χ4v) is 2.09. The van der Waals surface area contributed by atoms with Crippen molar-refractivity contribution < 1.29 is 19.4 Å². The van der Waals surface area contributed by atoms with E-state index in [-0.39, 0.29) is 12.3 Å². The van der Waals surface area contributed by atoms with Gasteiger partial charge >= 0.3 is 5.97 Å². The van der Waals surface area contributed by atoms with Gasteiger partial charge in [0.25, 0.3) is 5.91 Å². The molecule has 0 aliphatic heterocycles. The van der Waals surface area contributed by atoms with Crippen molar-refractivity contribution in [3.63, 3.8) is 0 Å². The van der Waals surface area contributed by atoms with Gasteiger partial charge in [-0.3, -0.25) is 9.59 Å². The number of hydrogen-bond acceptors (Lipinski definition) is 3. The van der Waals surface area contributed by atoms with Crippen LogP contribution in [-0.4, -0.2) is 28.2 Å². The van der Waals surface area contributed by atoms with Crippen LogP contribution in [0.25, 0.3) is 0 Å². The van der Waals surface area contributed by atoms with Crippen LogP contribution in [0.1, 0.15) is 28.9 Å². The number of nitrogens with one attached hydrogen (secondary N) is 1. The smallest absolute Gasteiger partial charge is 0.303 e. The number of aliphatic carboxylic acids is 1. The quantitative estimate of drug-likeness (QED) is 0.732. The molecule has 6 nitrogen and oxygen atoms in total. The predicted octanol–water partition coefficient (Wildman–Crippen LogP) is 2.20. The van der Waals surface area contributed by atoms with E-state index in [0.29, 0.717) is 31.0 Å². The molecule has 1 amide bonds. The lowest BCUT2D eigenvalue weighted by Crippen LogP contribution is -2.24. The second-order valence-electron chi connectivity index (χ2n) is 5.18. The first-order valence-electron chi connectivity index (χ1n) is 7.39. The molecule has 0 spiro atoms. The fraction of sp³-hybridized carbons (Fsp3) is 0.294. The van der Waals surface area contributed by atoms with Crippen LogP contribution in [0.2, 0.25) is 0 Å². The van der Waals surface area contributed by atoms with E-state index in [2.05, 4.69) is 5.32 Å². The van der Waals surface area contributed by atoms with Gasteiger partial charge in [-0.05, 0) is 36.2 Å². The summed E-state index contributed by atoms with van der Waals surface area (Å²) in [7, 11) is 1.82. The Bertz CT molecular complexity index is 661. The minimum atomic E-state index is -0.821. The molecule has 0 saturated heterocycles. The molecule has 0 saturated carbocycles. The largest absolute Gasteiger partial charge is 0.494 e. The summed E-state index contributed by atoms with van der Waals surface area (Å²) < 4.78 is 7.22. The van der Waals surface area contributed by atoms with Gasteiger partial charge in [0, 0.05) is 26.2 Å². The summed E-state index contributed by atoms with van der Waals surface area (Å²) in [6.07, 6.45) is 2.40. The van der Waals surface area contributed by atoms with Crippen molar-refractivity contribution in [2.45, 2.75) is 19.4 Å². The van der Waals surface area contributed by atoms with Gasteiger partial charge in [-0.1, -0.05) is 12.1 Å². The summed E-state index contributed by atoms with van der Waals surface area (Å²) >= 11 is 0. The number of hydrogen-bond donors (Lipinski definition) is 2.